The molecule has 4 aromatic rings. The minimum absolute atomic E-state index is 0.657. The molecule has 2 aromatic carbocycles. The molecule has 0 atom stereocenters. The Bertz CT molecular complexity index is 1040. The van der Waals surface area contributed by atoms with Crippen LogP contribution in [0.5, 0.6) is 0 Å². The molecule has 0 fully saturated rings. The largest absolute Gasteiger partial charge is 0.337 e. The van der Waals surface area contributed by atoms with Gasteiger partial charge in [-0.25, -0.2) is 4.98 Å². The van der Waals surface area contributed by atoms with Crippen LogP contribution in [0.2, 0.25) is 5.02 Å². The summed E-state index contributed by atoms with van der Waals surface area (Å²) >= 11 is 6.10. The Labute approximate surface area is 137 Å². The minimum atomic E-state index is 0.657. The van der Waals surface area contributed by atoms with Crippen LogP contribution in [0.15, 0.2) is 42.7 Å². The van der Waals surface area contributed by atoms with Gasteiger partial charge in [0.25, 0.3) is 0 Å². The van der Waals surface area contributed by atoms with E-state index >= 15 is 0 Å². The van der Waals surface area contributed by atoms with Crippen LogP contribution < -0.4 is 5.32 Å². The Balaban J connectivity index is 1.94. The number of fused-ring (bicyclic) bond motifs is 3. The third kappa shape index (κ3) is 2.29. The van der Waals surface area contributed by atoms with Crippen LogP contribution >= 0.6 is 11.6 Å². The van der Waals surface area contributed by atoms with Crippen molar-refractivity contribution in [3.05, 3.63) is 58.9 Å². The molecule has 5 nitrogen and oxygen atoms in total. The summed E-state index contributed by atoms with van der Waals surface area (Å²) in [5.41, 5.74) is 5.79. The fourth-order valence-corrected chi connectivity index (χ4v) is 2.79. The van der Waals surface area contributed by atoms with Crippen LogP contribution in [0.1, 0.15) is 11.1 Å². The van der Waals surface area contributed by atoms with Crippen molar-refractivity contribution in [2.24, 2.45) is 0 Å². The molecule has 0 unspecified atom stereocenters. The quantitative estimate of drug-likeness (QED) is 0.598. The monoisotopic (exact) mass is 323 g/mol. The average molecular weight is 324 g/mol. The lowest BCUT2D eigenvalue weighted by Gasteiger charge is -2.12. The number of hydrogen-bond donors (Lipinski definition) is 1. The highest BCUT2D eigenvalue weighted by Crippen LogP contribution is 2.27. The van der Waals surface area contributed by atoms with Crippen molar-refractivity contribution in [1.82, 2.24) is 19.6 Å². The molecule has 4 rings (SSSR count). The number of anilines is 2. The maximum Gasteiger partial charge on any atom is 0.204 e. The maximum absolute atomic E-state index is 6.10. The van der Waals surface area contributed by atoms with Gasteiger partial charge in [0, 0.05) is 10.7 Å². The summed E-state index contributed by atoms with van der Waals surface area (Å²) < 4.78 is 1.89. The highest BCUT2D eigenvalue weighted by molar-refractivity contribution is 6.31. The van der Waals surface area contributed by atoms with E-state index in [1.54, 1.807) is 6.33 Å². The van der Waals surface area contributed by atoms with Gasteiger partial charge in [0.15, 0.2) is 5.82 Å². The number of nitrogens with zero attached hydrogens (tertiary/aromatic N) is 4. The summed E-state index contributed by atoms with van der Waals surface area (Å²) in [5.74, 6) is 0.672. The molecule has 6 heteroatoms. The van der Waals surface area contributed by atoms with E-state index in [1.165, 1.54) is 11.1 Å². The topological polar surface area (TPSA) is 55.1 Å². The summed E-state index contributed by atoms with van der Waals surface area (Å²) in [6.07, 6.45) is 1.67. The van der Waals surface area contributed by atoms with Crippen LogP contribution in [0, 0.1) is 13.8 Å². The molecule has 0 bridgehead atoms. The molecule has 1 N–H and O–H groups in total. The molecule has 0 saturated carbocycles. The van der Waals surface area contributed by atoms with E-state index in [4.69, 9.17) is 11.6 Å². The van der Waals surface area contributed by atoms with E-state index in [-0.39, 0.29) is 0 Å². The standard InChI is InChI=1S/C17H14ClN5/c1-10-4-3-5-13(11(10)2)20-16-17-22-19-9-23(17)15-8-12(18)6-7-14(15)21-16/h3-9H,1-2H3,(H,20,21). The zero-order valence-corrected chi connectivity index (χ0v) is 13.5. The van der Waals surface area contributed by atoms with Gasteiger partial charge in [0.1, 0.15) is 6.33 Å². The number of hydrogen-bond acceptors (Lipinski definition) is 4. The summed E-state index contributed by atoms with van der Waals surface area (Å²) in [6, 6.07) is 11.7. The van der Waals surface area contributed by atoms with E-state index < -0.39 is 0 Å². The van der Waals surface area contributed by atoms with Crippen molar-refractivity contribution in [2.45, 2.75) is 13.8 Å². The van der Waals surface area contributed by atoms with Crippen LogP contribution in [0.25, 0.3) is 16.7 Å². The molecule has 0 aliphatic rings. The first-order valence-corrected chi connectivity index (χ1v) is 7.63. The van der Waals surface area contributed by atoms with Crippen molar-refractivity contribution in [2.75, 3.05) is 5.32 Å². The summed E-state index contributed by atoms with van der Waals surface area (Å²) in [6.45, 7) is 4.17. The van der Waals surface area contributed by atoms with Gasteiger partial charge in [-0.2, -0.15) is 0 Å². The lowest BCUT2D eigenvalue weighted by Crippen LogP contribution is -2.01. The first-order chi connectivity index (χ1) is 11.1. The Morgan fingerprint density at radius 2 is 2.00 bits per heavy atom. The highest BCUT2D eigenvalue weighted by atomic mass is 35.5. The number of aryl methyl sites for hydroxylation is 1. The van der Waals surface area contributed by atoms with Gasteiger partial charge < -0.3 is 5.32 Å². The molecule has 0 aliphatic carbocycles. The van der Waals surface area contributed by atoms with Crippen molar-refractivity contribution >= 4 is 39.8 Å². The van der Waals surface area contributed by atoms with Crippen LogP contribution in [-0.4, -0.2) is 19.6 Å². The predicted molar refractivity (Wildman–Crippen MR) is 92.5 cm³/mol. The number of benzene rings is 2. The highest BCUT2D eigenvalue weighted by Gasteiger charge is 2.12. The second kappa shape index (κ2) is 5.21. The van der Waals surface area contributed by atoms with E-state index in [2.05, 4.69) is 40.4 Å². The van der Waals surface area contributed by atoms with Gasteiger partial charge in [-0.05, 0) is 49.2 Å². The molecule has 2 aromatic heterocycles. The lowest BCUT2D eigenvalue weighted by molar-refractivity contribution is 1.11. The summed E-state index contributed by atoms with van der Waals surface area (Å²) in [7, 11) is 0. The van der Waals surface area contributed by atoms with Crippen LogP contribution in [-0.2, 0) is 0 Å². The third-order valence-electron chi connectivity index (χ3n) is 4.05. The SMILES string of the molecule is Cc1cccc(Nc2nc3ccc(Cl)cc3n3cnnc23)c1C. The van der Waals surface area contributed by atoms with E-state index in [9.17, 15) is 0 Å². The summed E-state index contributed by atoms with van der Waals surface area (Å²) in [4.78, 5) is 4.69. The molecule has 0 saturated heterocycles. The summed E-state index contributed by atoms with van der Waals surface area (Å²) in [5, 5.41) is 12.2. The molecule has 23 heavy (non-hydrogen) atoms. The molecule has 114 valence electrons. The predicted octanol–water partition coefficient (Wildman–Crippen LogP) is 4.29. The Hall–Kier alpha value is -2.66. The smallest absolute Gasteiger partial charge is 0.204 e. The molecule has 0 spiro atoms. The third-order valence-corrected chi connectivity index (χ3v) is 4.28. The Morgan fingerprint density at radius 1 is 1.13 bits per heavy atom. The number of aromatic nitrogens is 4. The van der Waals surface area contributed by atoms with Gasteiger partial charge >= 0.3 is 0 Å². The van der Waals surface area contributed by atoms with Gasteiger partial charge in [-0.1, -0.05) is 23.7 Å². The first-order valence-electron chi connectivity index (χ1n) is 7.26. The second-order valence-corrected chi connectivity index (χ2v) is 5.93. The number of rotatable bonds is 2. The van der Waals surface area contributed by atoms with Crippen molar-refractivity contribution in [1.29, 1.82) is 0 Å². The van der Waals surface area contributed by atoms with Crippen molar-refractivity contribution in [3.63, 3.8) is 0 Å². The molecular formula is C17H14ClN5. The molecule has 0 radical (unpaired) electrons. The molecule has 0 aliphatic heterocycles. The van der Waals surface area contributed by atoms with E-state index in [0.29, 0.717) is 16.5 Å². The maximum atomic E-state index is 6.10. The fraction of sp³-hybridized carbons (Fsp3) is 0.118. The molecule has 2 heterocycles. The zero-order chi connectivity index (χ0) is 16.0. The average Bonchev–Trinajstić information content (AvgIpc) is 3.02. The van der Waals surface area contributed by atoms with Crippen molar-refractivity contribution < 1.29 is 0 Å². The van der Waals surface area contributed by atoms with Crippen LogP contribution in [0.3, 0.4) is 0 Å². The fourth-order valence-electron chi connectivity index (χ4n) is 2.63. The Morgan fingerprint density at radius 3 is 2.87 bits per heavy atom. The molecule has 0 amide bonds. The van der Waals surface area contributed by atoms with E-state index in [0.717, 1.165) is 16.7 Å². The number of halogens is 1. The Kier molecular flexibility index (Phi) is 3.16. The van der Waals surface area contributed by atoms with Crippen LogP contribution in [0.4, 0.5) is 11.5 Å². The first kappa shape index (κ1) is 14.0. The van der Waals surface area contributed by atoms with Gasteiger partial charge in [0.05, 0.1) is 11.0 Å². The van der Waals surface area contributed by atoms with Gasteiger partial charge in [-0.15, -0.1) is 10.2 Å². The minimum Gasteiger partial charge on any atom is -0.337 e. The van der Waals surface area contributed by atoms with Crippen molar-refractivity contribution in [3.8, 4) is 0 Å². The van der Waals surface area contributed by atoms with Gasteiger partial charge in [0.2, 0.25) is 5.65 Å². The van der Waals surface area contributed by atoms with E-state index in [1.807, 2.05) is 34.7 Å². The lowest BCUT2D eigenvalue weighted by atomic mass is 10.1. The second-order valence-electron chi connectivity index (χ2n) is 5.49. The zero-order valence-electron chi connectivity index (χ0n) is 12.7. The number of nitrogens with one attached hydrogen (secondary N) is 1. The van der Waals surface area contributed by atoms with Gasteiger partial charge in [-0.3, -0.25) is 4.40 Å². The normalized spacial score (nSPS) is 11.3. The molecular weight excluding hydrogens is 310 g/mol.